The fraction of sp³-hybridized carbons (Fsp3) is 0.250. The van der Waals surface area contributed by atoms with Crippen LogP contribution in [0.25, 0.3) is 22.6 Å². The molecule has 3 aromatic rings. The third-order valence-corrected chi connectivity index (χ3v) is 4.68. The van der Waals surface area contributed by atoms with E-state index >= 15 is 0 Å². The average Bonchev–Trinajstić information content (AvgIpc) is 3.30. The number of anilines is 1. The van der Waals surface area contributed by atoms with Gasteiger partial charge in [-0.1, -0.05) is 0 Å². The van der Waals surface area contributed by atoms with E-state index in [4.69, 9.17) is 13.9 Å². The molecule has 1 saturated heterocycles. The highest BCUT2D eigenvalue weighted by molar-refractivity contribution is 6.00. The maximum absolute atomic E-state index is 12.3. The molecule has 1 amide bonds. The zero-order chi connectivity index (χ0) is 19.0. The lowest BCUT2D eigenvalue weighted by molar-refractivity contribution is -0.145. The van der Waals surface area contributed by atoms with Crippen LogP contribution in [0, 0.1) is 5.92 Å². The van der Waals surface area contributed by atoms with Gasteiger partial charge in [-0.05, 0) is 42.5 Å². The van der Waals surface area contributed by atoms with Crippen LogP contribution in [-0.2, 0) is 14.3 Å². The molecule has 4 rings (SSSR count). The summed E-state index contributed by atoms with van der Waals surface area (Å²) in [6.45, 7) is 0.306. The number of esters is 1. The smallest absolute Gasteiger partial charge is 0.311 e. The highest BCUT2D eigenvalue weighted by Crippen LogP contribution is 2.31. The van der Waals surface area contributed by atoms with E-state index in [1.54, 1.807) is 30.2 Å². The molecule has 27 heavy (non-hydrogen) atoms. The van der Waals surface area contributed by atoms with Crippen molar-refractivity contribution in [1.82, 2.24) is 4.98 Å². The van der Waals surface area contributed by atoms with Crippen molar-refractivity contribution in [3.8, 4) is 17.2 Å². The molecule has 0 N–H and O–H groups in total. The van der Waals surface area contributed by atoms with Crippen LogP contribution in [0.2, 0.25) is 0 Å². The third kappa shape index (κ3) is 3.12. The molecule has 2 heterocycles. The molecular formula is C20H18N2O5. The number of fused-ring (bicyclic) bond motifs is 1. The van der Waals surface area contributed by atoms with Crippen LogP contribution >= 0.6 is 0 Å². The van der Waals surface area contributed by atoms with Gasteiger partial charge in [0.1, 0.15) is 11.3 Å². The summed E-state index contributed by atoms with van der Waals surface area (Å²) in [5.41, 5.74) is 2.79. The van der Waals surface area contributed by atoms with Gasteiger partial charge in [0.05, 0.1) is 20.1 Å². The van der Waals surface area contributed by atoms with Gasteiger partial charge < -0.3 is 18.8 Å². The molecule has 0 saturated carbocycles. The molecule has 7 heteroatoms. The molecule has 1 aromatic heterocycles. The van der Waals surface area contributed by atoms with Crippen LogP contribution in [-0.4, -0.2) is 37.6 Å². The van der Waals surface area contributed by atoms with Crippen molar-refractivity contribution in [3.05, 3.63) is 42.5 Å². The van der Waals surface area contributed by atoms with Crippen LogP contribution in [0.4, 0.5) is 5.69 Å². The van der Waals surface area contributed by atoms with E-state index in [9.17, 15) is 9.59 Å². The largest absolute Gasteiger partial charge is 0.497 e. The van der Waals surface area contributed by atoms with Crippen molar-refractivity contribution in [1.29, 1.82) is 0 Å². The van der Waals surface area contributed by atoms with Crippen molar-refractivity contribution < 1.29 is 23.5 Å². The number of methoxy groups -OCH3 is 2. The molecule has 0 bridgehead atoms. The predicted molar refractivity (Wildman–Crippen MR) is 98.5 cm³/mol. The molecule has 0 spiro atoms. The van der Waals surface area contributed by atoms with Crippen molar-refractivity contribution in [2.45, 2.75) is 6.42 Å². The zero-order valence-electron chi connectivity index (χ0n) is 15.0. The lowest BCUT2D eigenvalue weighted by Crippen LogP contribution is -2.26. The fourth-order valence-electron chi connectivity index (χ4n) is 3.22. The van der Waals surface area contributed by atoms with Gasteiger partial charge in [0.15, 0.2) is 5.58 Å². The number of hydrogen-bond acceptors (Lipinski definition) is 6. The fourth-order valence-corrected chi connectivity index (χ4v) is 3.22. The van der Waals surface area contributed by atoms with Crippen molar-refractivity contribution in [2.24, 2.45) is 5.92 Å². The molecule has 1 fully saturated rings. The van der Waals surface area contributed by atoms with Crippen molar-refractivity contribution in [2.75, 3.05) is 25.7 Å². The number of nitrogens with zero attached hydrogens (tertiary/aromatic N) is 2. The number of aromatic nitrogens is 1. The molecule has 1 atom stereocenters. The topological polar surface area (TPSA) is 81.9 Å². The lowest BCUT2D eigenvalue weighted by Gasteiger charge is -2.16. The Morgan fingerprint density at radius 1 is 1.19 bits per heavy atom. The summed E-state index contributed by atoms with van der Waals surface area (Å²) in [6.07, 6.45) is 0.153. The van der Waals surface area contributed by atoms with Gasteiger partial charge in [0.2, 0.25) is 11.8 Å². The Labute approximate surface area is 155 Å². The highest BCUT2D eigenvalue weighted by Gasteiger charge is 2.36. The number of ether oxygens (including phenoxy) is 2. The van der Waals surface area contributed by atoms with Crippen molar-refractivity contribution >= 4 is 28.7 Å². The molecule has 0 radical (unpaired) electrons. The van der Waals surface area contributed by atoms with Gasteiger partial charge in [-0.25, -0.2) is 4.98 Å². The Morgan fingerprint density at radius 2 is 1.96 bits per heavy atom. The van der Waals surface area contributed by atoms with Gasteiger partial charge >= 0.3 is 5.97 Å². The molecule has 1 aliphatic rings. The number of amides is 1. The summed E-state index contributed by atoms with van der Waals surface area (Å²) in [6, 6.07) is 12.8. The van der Waals surface area contributed by atoms with Crippen LogP contribution in [0.5, 0.6) is 5.75 Å². The predicted octanol–water partition coefficient (Wildman–Crippen LogP) is 3.03. The highest BCUT2D eigenvalue weighted by atomic mass is 16.5. The van der Waals surface area contributed by atoms with Crippen LogP contribution in [0.3, 0.4) is 0 Å². The first-order valence-electron chi connectivity index (χ1n) is 8.52. The average molecular weight is 366 g/mol. The van der Waals surface area contributed by atoms with Gasteiger partial charge in [-0.3, -0.25) is 9.59 Å². The van der Waals surface area contributed by atoms with Gasteiger partial charge in [-0.15, -0.1) is 0 Å². The lowest BCUT2D eigenvalue weighted by atomic mass is 10.1. The van der Waals surface area contributed by atoms with Gasteiger partial charge in [0.25, 0.3) is 0 Å². The first-order valence-corrected chi connectivity index (χ1v) is 8.52. The molecule has 138 valence electrons. The first kappa shape index (κ1) is 17.1. The molecule has 1 unspecified atom stereocenters. The number of benzene rings is 2. The second-order valence-corrected chi connectivity index (χ2v) is 6.33. The minimum atomic E-state index is -0.439. The second-order valence-electron chi connectivity index (χ2n) is 6.33. The standard InChI is InChI=1S/C20H18N2O5/c1-25-15-6-3-12(4-7-15)19-21-16-10-14(5-8-17(16)27-19)22-11-13(9-18(22)23)20(24)26-2/h3-8,10,13H,9,11H2,1-2H3. The van der Waals surface area contributed by atoms with E-state index in [1.807, 2.05) is 24.3 Å². The Hall–Kier alpha value is -3.35. The van der Waals surface area contributed by atoms with Gasteiger partial charge in [-0.2, -0.15) is 0 Å². The number of carbonyl (C=O) groups excluding carboxylic acids is 2. The van der Waals surface area contributed by atoms with E-state index in [2.05, 4.69) is 4.98 Å². The number of carbonyl (C=O) groups is 2. The minimum Gasteiger partial charge on any atom is -0.497 e. The van der Waals surface area contributed by atoms with E-state index in [1.165, 1.54) is 7.11 Å². The van der Waals surface area contributed by atoms with E-state index < -0.39 is 5.92 Å². The quantitative estimate of drug-likeness (QED) is 0.660. The Morgan fingerprint density at radius 3 is 2.67 bits per heavy atom. The van der Waals surface area contributed by atoms with Gasteiger partial charge in [0, 0.05) is 24.2 Å². The van der Waals surface area contributed by atoms with Crippen LogP contribution in [0.15, 0.2) is 46.9 Å². The maximum atomic E-state index is 12.3. The summed E-state index contributed by atoms with van der Waals surface area (Å²) >= 11 is 0. The van der Waals surface area contributed by atoms with Crippen LogP contribution < -0.4 is 9.64 Å². The SMILES string of the molecule is COC(=O)C1CC(=O)N(c2ccc3oc(-c4ccc(OC)cc4)nc3c2)C1. The number of hydrogen-bond donors (Lipinski definition) is 0. The summed E-state index contributed by atoms with van der Waals surface area (Å²) < 4.78 is 15.7. The molecular weight excluding hydrogens is 348 g/mol. The zero-order valence-corrected chi connectivity index (χ0v) is 15.0. The summed E-state index contributed by atoms with van der Waals surface area (Å²) in [4.78, 5) is 30.1. The molecule has 7 nitrogen and oxygen atoms in total. The Bertz CT molecular complexity index is 1010. The van der Waals surface area contributed by atoms with E-state index in [0.29, 0.717) is 29.2 Å². The summed E-state index contributed by atoms with van der Waals surface area (Å²) in [5.74, 6) is 0.332. The van der Waals surface area contributed by atoms with E-state index in [0.717, 1.165) is 11.3 Å². The maximum Gasteiger partial charge on any atom is 0.311 e. The summed E-state index contributed by atoms with van der Waals surface area (Å²) in [5, 5.41) is 0. The Kier molecular flexibility index (Phi) is 4.27. The molecule has 0 aliphatic carbocycles. The minimum absolute atomic E-state index is 0.108. The third-order valence-electron chi connectivity index (χ3n) is 4.68. The van der Waals surface area contributed by atoms with E-state index in [-0.39, 0.29) is 18.3 Å². The number of oxazole rings is 1. The number of rotatable bonds is 4. The molecule has 2 aromatic carbocycles. The Balaban J connectivity index is 1.63. The molecule has 1 aliphatic heterocycles. The normalized spacial score (nSPS) is 16.7. The summed E-state index contributed by atoms with van der Waals surface area (Å²) in [7, 11) is 2.94. The van der Waals surface area contributed by atoms with Crippen molar-refractivity contribution in [3.63, 3.8) is 0 Å². The monoisotopic (exact) mass is 366 g/mol. The second kappa shape index (κ2) is 6.75. The van der Waals surface area contributed by atoms with Crippen LogP contribution in [0.1, 0.15) is 6.42 Å². The first-order chi connectivity index (χ1) is 13.1.